The molecule has 3 aliphatic carbocycles. The summed E-state index contributed by atoms with van der Waals surface area (Å²) in [6.07, 6.45) is 1.41. The fourth-order valence-corrected chi connectivity index (χ4v) is 6.49. The van der Waals surface area contributed by atoms with Crippen molar-refractivity contribution < 1.29 is 18.8 Å². The molecule has 1 aromatic heterocycles. The van der Waals surface area contributed by atoms with Gasteiger partial charge in [0.15, 0.2) is 5.76 Å². The summed E-state index contributed by atoms with van der Waals surface area (Å²) in [6.45, 7) is 0. The Morgan fingerprint density at radius 2 is 1.33 bits per heavy atom. The van der Waals surface area contributed by atoms with Crippen LogP contribution in [0.15, 0.2) is 89.5 Å². The van der Waals surface area contributed by atoms with Gasteiger partial charge in [-0.15, -0.1) is 0 Å². The zero-order chi connectivity index (χ0) is 24.6. The molecule has 7 heteroatoms. The Hall–Kier alpha value is -4.16. The van der Waals surface area contributed by atoms with Crippen molar-refractivity contribution >= 4 is 40.7 Å². The molecule has 3 aromatic carbocycles. The first-order valence-electron chi connectivity index (χ1n) is 11.7. The molecule has 3 amide bonds. The highest BCUT2D eigenvalue weighted by atomic mass is 35.5. The molecule has 1 fully saturated rings. The van der Waals surface area contributed by atoms with Crippen LogP contribution in [0, 0.1) is 11.8 Å². The number of nitrogens with one attached hydrogen (secondary N) is 1. The molecule has 4 aromatic rings. The van der Waals surface area contributed by atoms with Gasteiger partial charge in [-0.1, -0.05) is 60.1 Å². The molecule has 0 radical (unpaired) electrons. The van der Waals surface area contributed by atoms with Crippen LogP contribution in [0.5, 0.6) is 0 Å². The fourth-order valence-electron chi connectivity index (χ4n) is 6.27. The van der Waals surface area contributed by atoms with Gasteiger partial charge in [-0.25, -0.2) is 4.90 Å². The summed E-state index contributed by atoms with van der Waals surface area (Å²) < 4.78 is 5.12. The molecule has 0 spiro atoms. The van der Waals surface area contributed by atoms with Crippen LogP contribution in [0.25, 0.3) is 0 Å². The largest absolute Gasteiger partial charge is 0.459 e. The molecule has 176 valence electrons. The van der Waals surface area contributed by atoms with Gasteiger partial charge >= 0.3 is 0 Å². The zero-order valence-corrected chi connectivity index (χ0v) is 19.6. The van der Waals surface area contributed by atoms with Crippen molar-refractivity contribution in [2.75, 3.05) is 10.2 Å². The lowest BCUT2D eigenvalue weighted by atomic mass is 9.55. The number of hydrogen-bond acceptors (Lipinski definition) is 4. The van der Waals surface area contributed by atoms with E-state index in [1.807, 2.05) is 24.3 Å². The third-order valence-electron chi connectivity index (χ3n) is 7.65. The summed E-state index contributed by atoms with van der Waals surface area (Å²) in [5.74, 6) is -2.00. The van der Waals surface area contributed by atoms with Gasteiger partial charge < -0.3 is 9.73 Å². The van der Waals surface area contributed by atoms with E-state index in [-0.39, 0.29) is 34.4 Å². The van der Waals surface area contributed by atoms with E-state index in [0.29, 0.717) is 11.4 Å². The standard InChI is InChI=1S/C29H19ClN2O4/c30-20-14-15(11-12-21(20)31-27(33)22-10-5-13-36-22)32-28(34)25-23-16-6-1-2-7-17(16)24(26(25)29(32)35)19-9-4-3-8-18(19)23/h1-14,23-26H,(H,31,33). The molecule has 2 heterocycles. The molecule has 36 heavy (non-hydrogen) atoms. The molecule has 2 atom stereocenters. The first kappa shape index (κ1) is 21.1. The maximum absolute atomic E-state index is 13.9. The van der Waals surface area contributed by atoms with Gasteiger partial charge in [0.05, 0.1) is 34.5 Å². The first-order chi connectivity index (χ1) is 17.5. The molecule has 2 unspecified atom stereocenters. The van der Waals surface area contributed by atoms with Crippen LogP contribution in [0.1, 0.15) is 44.6 Å². The number of furan rings is 1. The minimum Gasteiger partial charge on any atom is -0.459 e. The average Bonchev–Trinajstić information content (AvgIpc) is 3.53. The van der Waals surface area contributed by atoms with Gasteiger partial charge in [0.1, 0.15) is 0 Å². The van der Waals surface area contributed by atoms with E-state index < -0.39 is 17.7 Å². The lowest BCUT2D eigenvalue weighted by Crippen LogP contribution is -2.41. The predicted molar refractivity (Wildman–Crippen MR) is 134 cm³/mol. The normalized spacial score (nSPS) is 23.3. The Bertz CT molecular complexity index is 1460. The fraction of sp³-hybridized carbons (Fsp3) is 0.138. The number of hydrogen-bond donors (Lipinski definition) is 1. The van der Waals surface area contributed by atoms with Crippen LogP contribution in [0.3, 0.4) is 0 Å². The van der Waals surface area contributed by atoms with Gasteiger partial charge in [-0.3, -0.25) is 14.4 Å². The molecular weight excluding hydrogens is 476 g/mol. The van der Waals surface area contributed by atoms with Crippen molar-refractivity contribution in [3.05, 3.63) is 118 Å². The molecule has 1 N–H and O–H groups in total. The number of rotatable bonds is 3. The van der Waals surface area contributed by atoms with E-state index >= 15 is 0 Å². The molecule has 4 aliphatic rings. The Morgan fingerprint density at radius 3 is 1.81 bits per heavy atom. The number of halogens is 1. The summed E-state index contributed by atoms with van der Waals surface area (Å²) in [5.41, 5.74) is 5.25. The highest BCUT2D eigenvalue weighted by Crippen LogP contribution is 2.61. The maximum Gasteiger partial charge on any atom is 0.291 e. The molecule has 8 rings (SSSR count). The average molecular weight is 495 g/mol. The smallest absolute Gasteiger partial charge is 0.291 e. The summed E-state index contributed by atoms with van der Waals surface area (Å²) in [5, 5.41) is 2.92. The number of carbonyl (C=O) groups is 3. The quantitative estimate of drug-likeness (QED) is 0.377. The van der Waals surface area contributed by atoms with Crippen molar-refractivity contribution in [2.45, 2.75) is 11.8 Å². The molecule has 1 aliphatic heterocycles. The lowest BCUT2D eigenvalue weighted by molar-refractivity contribution is -0.122. The van der Waals surface area contributed by atoms with Gasteiger partial charge in [0.25, 0.3) is 5.91 Å². The molecule has 1 saturated heterocycles. The van der Waals surface area contributed by atoms with Gasteiger partial charge in [0, 0.05) is 11.8 Å². The third-order valence-corrected chi connectivity index (χ3v) is 7.97. The first-order valence-corrected chi connectivity index (χ1v) is 12.1. The van der Waals surface area contributed by atoms with Gasteiger partial charge in [0.2, 0.25) is 11.8 Å². The van der Waals surface area contributed by atoms with Crippen LogP contribution in [0.4, 0.5) is 11.4 Å². The van der Waals surface area contributed by atoms with E-state index in [1.54, 1.807) is 30.3 Å². The van der Waals surface area contributed by atoms with Crippen LogP contribution in [0.2, 0.25) is 5.02 Å². The molecule has 0 saturated carbocycles. The molecule has 2 bridgehead atoms. The summed E-state index contributed by atoms with van der Waals surface area (Å²) in [6, 6.07) is 24.2. The number of nitrogens with zero attached hydrogens (tertiary/aromatic N) is 1. The van der Waals surface area contributed by atoms with E-state index in [9.17, 15) is 14.4 Å². The maximum atomic E-state index is 13.9. The van der Waals surface area contributed by atoms with E-state index in [4.69, 9.17) is 16.0 Å². The number of amides is 3. The monoisotopic (exact) mass is 494 g/mol. The van der Waals surface area contributed by atoms with Crippen molar-refractivity contribution in [2.24, 2.45) is 11.8 Å². The molecular formula is C29H19ClN2O4. The topological polar surface area (TPSA) is 79.6 Å². The van der Waals surface area contributed by atoms with Crippen molar-refractivity contribution in [3.8, 4) is 0 Å². The predicted octanol–water partition coefficient (Wildman–Crippen LogP) is 5.58. The van der Waals surface area contributed by atoms with Crippen LogP contribution in [-0.4, -0.2) is 17.7 Å². The van der Waals surface area contributed by atoms with Gasteiger partial charge in [-0.05, 0) is 52.6 Å². The Kier molecular flexibility index (Phi) is 4.51. The van der Waals surface area contributed by atoms with E-state index in [1.165, 1.54) is 11.2 Å². The van der Waals surface area contributed by atoms with E-state index in [0.717, 1.165) is 22.3 Å². The minimum absolute atomic E-state index is 0.152. The van der Waals surface area contributed by atoms with Crippen LogP contribution in [-0.2, 0) is 9.59 Å². The number of imide groups is 1. The Morgan fingerprint density at radius 1 is 0.778 bits per heavy atom. The van der Waals surface area contributed by atoms with Crippen LogP contribution >= 0.6 is 11.6 Å². The zero-order valence-electron chi connectivity index (χ0n) is 18.9. The number of anilines is 2. The van der Waals surface area contributed by atoms with Crippen LogP contribution < -0.4 is 10.2 Å². The Labute approximate surface area is 211 Å². The second-order valence-electron chi connectivity index (χ2n) is 9.37. The summed E-state index contributed by atoms with van der Waals surface area (Å²) >= 11 is 6.48. The highest BCUT2D eigenvalue weighted by Gasteiger charge is 2.61. The minimum atomic E-state index is -0.468. The third kappa shape index (κ3) is 2.82. The van der Waals surface area contributed by atoms with Crippen molar-refractivity contribution in [1.82, 2.24) is 0 Å². The molecule has 6 nitrogen and oxygen atoms in total. The highest BCUT2D eigenvalue weighted by molar-refractivity contribution is 6.34. The van der Waals surface area contributed by atoms with E-state index in [2.05, 4.69) is 29.6 Å². The van der Waals surface area contributed by atoms with Crippen molar-refractivity contribution in [3.63, 3.8) is 0 Å². The van der Waals surface area contributed by atoms with Gasteiger partial charge in [-0.2, -0.15) is 0 Å². The Balaban J connectivity index is 1.27. The second kappa shape index (κ2) is 7.67. The number of carbonyl (C=O) groups excluding carboxylic acids is 3. The SMILES string of the molecule is O=C(Nc1ccc(N2C(=O)C3C4c5ccccc5C(c5ccccc54)C3C2=O)cc1Cl)c1ccco1. The summed E-state index contributed by atoms with van der Waals surface area (Å²) in [7, 11) is 0. The lowest BCUT2D eigenvalue weighted by Gasteiger charge is -2.45. The van der Waals surface area contributed by atoms with Crippen molar-refractivity contribution in [1.29, 1.82) is 0 Å². The summed E-state index contributed by atoms with van der Waals surface area (Å²) in [4.78, 5) is 41.4. The second-order valence-corrected chi connectivity index (χ2v) is 9.78. The number of benzene rings is 3.